The minimum atomic E-state index is -6.85. The number of halogens is 10. The van der Waals surface area contributed by atoms with Gasteiger partial charge in [-0.25, -0.2) is 17.6 Å². The van der Waals surface area contributed by atoms with Crippen LogP contribution in [0.2, 0.25) is 0 Å². The third kappa shape index (κ3) is 4.69. The maximum Gasteiger partial charge on any atom is 0.421 e. The number of aliphatic hydroxyl groups is 1. The second-order valence-electron chi connectivity index (χ2n) is 3.82. The molecule has 0 aromatic heterocycles. The van der Waals surface area contributed by atoms with Crippen LogP contribution in [0.4, 0.5) is 43.9 Å². The number of hydrogen-bond donors (Lipinski definition) is 1. The fourth-order valence-electron chi connectivity index (χ4n) is 0.867. The molecule has 23 heavy (non-hydrogen) atoms. The molecule has 0 rings (SSSR count). The minimum absolute atomic E-state index is 0. The van der Waals surface area contributed by atoms with Crippen LogP contribution >= 0.6 is 0 Å². The van der Waals surface area contributed by atoms with Gasteiger partial charge in [0.1, 0.15) is 6.61 Å². The van der Waals surface area contributed by atoms with Crippen molar-refractivity contribution in [3.05, 3.63) is 18.0 Å². The molecule has 0 atom stereocenters. The first-order valence-electron chi connectivity index (χ1n) is 5.06. The summed E-state index contributed by atoms with van der Waals surface area (Å²) in [6.07, 6.45) is -5.66. The zero-order valence-electron chi connectivity index (χ0n) is 11.0. The number of ether oxygens (including phenoxy) is 1. The summed E-state index contributed by atoms with van der Waals surface area (Å²) in [7, 11) is 0. The Kier molecular flexibility index (Phi) is 6.63. The molecule has 0 aromatic rings. The van der Waals surface area contributed by atoms with E-state index in [4.69, 9.17) is 5.11 Å². The number of rotatable bonds is 9. The van der Waals surface area contributed by atoms with Crippen molar-refractivity contribution in [2.45, 2.75) is 30.0 Å². The van der Waals surface area contributed by atoms with E-state index in [1.165, 1.54) is 0 Å². The van der Waals surface area contributed by atoms with Crippen molar-refractivity contribution in [1.82, 2.24) is 0 Å². The third-order valence-electron chi connectivity index (χ3n) is 2.00. The van der Waals surface area contributed by atoms with Crippen molar-refractivity contribution >= 4 is 0 Å². The number of alkyl halides is 10. The third-order valence-corrected chi connectivity index (χ3v) is 2.00. The normalized spacial score (nSPS) is 14.4. The molecule has 14 heteroatoms. The van der Waals surface area contributed by atoms with Crippen LogP contribution in [0.5, 0.6) is 0 Å². The fraction of sp³-hybridized carbons (Fsp3) is 0.778. The Labute approximate surface area is 116 Å². The minimum Gasteiger partial charge on any atom is -0.527 e. The summed E-state index contributed by atoms with van der Waals surface area (Å²) in [5, 5.41) is 8.08. The molecule has 0 amide bonds. The van der Waals surface area contributed by atoms with E-state index in [1.54, 1.807) is 0 Å². The van der Waals surface area contributed by atoms with Crippen LogP contribution in [0.15, 0.2) is 12.7 Å². The molecule has 0 aliphatic heterocycles. The molecule has 0 bridgehead atoms. The van der Waals surface area contributed by atoms with Crippen LogP contribution in [0.3, 0.4) is 0 Å². The van der Waals surface area contributed by atoms with Crippen molar-refractivity contribution < 1.29 is 53.7 Å². The molecule has 0 aromatic carbocycles. The Morgan fingerprint density at radius 3 is 1.70 bits per heavy atom. The van der Waals surface area contributed by atoms with Crippen molar-refractivity contribution in [2.24, 2.45) is 0 Å². The average Bonchev–Trinajstić information content (AvgIpc) is 2.25. The van der Waals surface area contributed by atoms with E-state index in [0.717, 1.165) is 6.08 Å². The maximum absolute atomic E-state index is 12.9. The average molecular weight is 619 g/mol. The molecule has 1 N–H and O–H groups in total. The Hall–Kier alpha value is -2.08. The van der Waals surface area contributed by atoms with E-state index >= 15 is 0 Å². The molecule has 0 unspecified atom stereocenters. The van der Waals surface area contributed by atoms with Gasteiger partial charge in [-0.1, -0.05) is 6.08 Å². The molecule has 0 spiro atoms. The largest absolute Gasteiger partial charge is 0.527 e. The van der Waals surface area contributed by atoms with E-state index in [2.05, 4.69) is 11.3 Å². The van der Waals surface area contributed by atoms with Crippen LogP contribution in [0, 0.1) is 0 Å². The summed E-state index contributed by atoms with van der Waals surface area (Å²) in [5.74, 6) is -12.4. The molecule has 3 nitrogen and oxygen atoms in total. The van der Waals surface area contributed by atoms with Gasteiger partial charge in [-0.05, 0) is 0 Å². The second kappa shape index (κ2) is 6.58. The standard InChI is InChI=1S/C9H8F10NO2.Rf/c1-2-3-22-4-5(10,11)7(14,15)20-8(16,17)6(12,13)9(18,19)21;/h2,21H,1,3-4H2;/q-1;. The van der Waals surface area contributed by atoms with Crippen molar-refractivity contribution in [1.29, 1.82) is 0 Å². The van der Waals surface area contributed by atoms with E-state index in [9.17, 15) is 43.9 Å². The van der Waals surface area contributed by atoms with Crippen molar-refractivity contribution in [3.63, 3.8) is 0 Å². The predicted octanol–water partition coefficient (Wildman–Crippen LogP) is 3.60. The summed E-state index contributed by atoms with van der Waals surface area (Å²) < 4.78 is 130. The molecule has 0 fully saturated rings. The number of hydrogen-bond acceptors (Lipinski definition) is 2. The van der Waals surface area contributed by atoms with E-state index in [1.807, 2.05) is 0 Å². The Morgan fingerprint density at radius 1 is 0.913 bits per heavy atom. The summed E-state index contributed by atoms with van der Waals surface area (Å²) in [6, 6.07) is -12.9. The molecule has 0 aliphatic carbocycles. The molecule has 0 radical (unpaired) electrons. The Morgan fingerprint density at radius 2 is 1.35 bits per heavy atom. The molecule has 0 aliphatic rings. The molecule has 134 valence electrons. The van der Waals surface area contributed by atoms with Crippen LogP contribution < -0.4 is 0 Å². The maximum atomic E-state index is 12.9. The van der Waals surface area contributed by atoms with Gasteiger partial charge in [-0.15, -0.1) is 6.58 Å². The van der Waals surface area contributed by atoms with Gasteiger partial charge < -0.3 is 15.2 Å². The quantitative estimate of drug-likeness (QED) is 0.186. The summed E-state index contributed by atoms with van der Waals surface area (Å²) in [4.78, 5) is 0. The first-order valence-corrected chi connectivity index (χ1v) is 5.06. The van der Waals surface area contributed by atoms with Gasteiger partial charge in [-0.2, -0.15) is 26.3 Å². The SMILES string of the molecule is C=CCOCC(F)(F)C(F)(F)[N-]C(F)(F)C(F)(F)C(O)(F)F.[Rf]. The predicted molar refractivity (Wildman–Crippen MR) is 51.3 cm³/mol. The number of nitrogens with zero attached hydrogens (tertiary/aromatic N) is 1. The zero-order chi connectivity index (χ0) is 18.0. The summed E-state index contributed by atoms with van der Waals surface area (Å²) in [6.45, 7) is 0.00524. The molecule has 0 saturated carbocycles. The van der Waals surface area contributed by atoms with Gasteiger partial charge in [0.05, 0.1) is 6.61 Å². The molecular weight excluding hydrogens is 611 g/mol. The smallest absolute Gasteiger partial charge is 0.421 e. The van der Waals surface area contributed by atoms with Gasteiger partial charge in [0, 0.05) is 0 Å². The van der Waals surface area contributed by atoms with Crippen LogP contribution in [-0.4, -0.2) is 48.4 Å². The van der Waals surface area contributed by atoms with Crippen LogP contribution in [-0.2, 0) is 4.74 Å². The van der Waals surface area contributed by atoms with Crippen LogP contribution in [0.25, 0.3) is 5.32 Å². The van der Waals surface area contributed by atoms with Gasteiger partial charge in [0.15, 0.2) is 0 Å². The summed E-state index contributed by atoms with van der Waals surface area (Å²) in [5.41, 5.74) is 0. The van der Waals surface area contributed by atoms with E-state index < -0.39 is 43.3 Å². The van der Waals surface area contributed by atoms with E-state index in [0.29, 0.717) is 5.32 Å². The monoisotopic (exact) mass is 619 g/mol. The van der Waals surface area contributed by atoms with Gasteiger partial charge >= 0.3 is 18.0 Å². The topological polar surface area (TPSA) is 43.6 Å². The fourth-order valence-corrected chi connectivity index (χ4v) is 0.867. The van der Waals surface area contributed by atoms with Crippen LogP contribution in [0.1, 0.15) is 0 Å². The molecule has 0 saturated heterocycles. The molecule has 0 heterocycles. The van der Waals surface area contributed by atoms with Crippen molar-refractivity contribution in [3.8, 4) is 0 Å². The van der Waals surface area contributed by atoms with E-state index in [-0.39, 0.29) is 0 Å². The molecular formula is C9H8F10NO2Rf-. The summed E-state index contributed by atoms with van der Waals surface area (Å²) >= 11 is 0. The zero-order valence-corrected chi connectivity index (χ0v) is 17.4. The van der Waals surface area contributed by atoms with Gasteiger partial charge in [-0.3, -0.25) is 0 Å². The Balaban J connectivity index is 0. The first kappa shape index (κ1) is 23.2. The first-order chi connectivity index (χ1) is 9.52. The van der Waals surface area contributed by atoms with Gasteiger partial charge in [0.2, 0.25) is 12.1 Å². The second-order valence-corrected chi connectivity index (χ2v) is 3.82. The van der Waals surface area contributed by atoms with Crippen molar-refractivity contribution in [2.75, 3.05) is 13.2 Å². The Bertz CT molecular complexity index is 398. The van der Waals surface area contributed by atoms with Gasteiger partial charge in [0.25, 0.3) is 0 Å².